The third-order valence-electron chi connectivity index (χ3n) is 3.72. The predicted octanol–water partition coefficient (Wildman–Crippen LogP) is 6.14. The summed E-state index contributed by atoms with van der Waals surface area (Å²) in [6.07, 6.45) is 2.36. The van der Waals surface area contributed by atoms with E-state index in [9.17, 15) is 0 Å². The largest absolute Gasteiger partial charge is 0.340 e. The van der Waals surface area contributed by atoms with Crippen molar-refractivity contribution in [3.05, 3.63) is 59.6 Å². The van der Waals surface area contributed by atoms with Gasteiger partial charge in [0.2, 0.25) is 0 Å². The lowest BCUT2D eigenvalue weighted by Crippen LogP contribution is -2.00. The van der Waals surface area contributed by atoms with Gasteiger partial charge in [-0.15, -0.1) is 0 Å². The molecule has 0 N–H and O–H groups in total. The van der Waals surface area contributed by atoms with Gasteiger partial charge in [0.15, 0.2) is 0 Å². The molecule has 1 aromatic heterocycles. The number of nitrogens with zero attached hydrogens (tertiary/aromatic N) is 1. The summed E-state index contributed by atoms with van der Waals surface area (Å²) >= 11 is 9.52. The molecule has 1 heterocycles. The summed E-state index contributed by atoms with van der Waals surface area (Å²) in [5, 5.41) is 3.13. The van der Waals surface area contributed by atoms with Crippen LogP contribution in [0.4, 0.5) is 0 Å². The summed E-state index contributed by atoms with van der Waals surface area (Å²) in [6, 6.07) is 18.9. The maximum Gasteiger partial charge on any atom is 0.0491 e. The first-order valence-electron chi connectivity index (χ1n) is 7.20. The number of unbranched alkanes of at least 4 members (excludes halogenated alkanes) is 1. The highest BCUT2D eigenvalue weighted by molar-refractivity contribution is 9.09. The third-order valence-corrected chi connectivity index (χ3v) is 4.53. The lowest BCUT2D eigenvalue weighted by molar-refractivity contribution is 0.659. The molecule has 1 nitrogen and oxygen atoms in total. The van der Waals surface area contributed by atoms with Gasteiger partial charge in [-0.1, -0.05) is 57.9 Å². The molecule has 0 unspecified atom stereocenters. The van der Waals surface area contributed by atoms with E-state index in [0.29, 0.717) is 0 Å². The number of aromatic nitrogens is 1. The van der Waals surface area contributed by atoms with Crippen LogP contribution in [-0.4, -0.2) is 9.90 Å². The summed E-state index contributed by atoms with van der Waals surface area (Å²) in [6.45, 7) is 1.04. The molecular weight excluding hydrogens is 346 g/mol. The Morgan fingerprint density at radius 2 is 1.71 bits per heavy atom. The molecule has 0 aliphatic heterocycles. The van der Waals surface area contributed by atoms with Crippen LogP contribution in [-0.2, 0) is 6.54 Å². The van der Waals surface area contributed by atoms with Crippen LogP contribution >= 0.6 is 27.5 Å². The molecule has 0 aliphatic carbocycles. The minimum Gasteiger partial charge on any atom is -0.340 e. The highest BCUT2D eigenvalue weighted by Crippen LogP contribution is 2.29. The molecule has 21 heavy (non-hydrogen) atoms. The third kappa shape index (κ3) is 3.17. The van der Waals surface area contributed by atoms with Gasteiger partial charge in [0, 0.05) is 33.5 Å². The molecule has 0 saturated heterocycles. The second kappa shape index (κ2) is 6.67. The molecule has 0 amide bonds. The van der Waals surface area contributed by atoms with Crippen LogP contribution in [0.1, 0.15) is 12.8 Å². The van der Waals surface area contributed by atoms with Crippen molar-refractivity contribution >= 4 is 38.4 Å². The van der Waals surface area contributed by atoms with E-state index in [1.165, 1.54) is 35.0 Å². The van der Waals surface area contributed by atoms with Gasteiger partial charge >= 0.3 is 0 Å². The summed E-state index contributed by atoms with van der Waals surface area (Å²) in [7, 11) is 0. The van der Waals surface area contributed by atoms with Crippen LogP contribution in [0.5, 0.6) is 0 Å². The quantitative estimate of drug-likeness (QED) is 0.379. The molecule has 0 bridgehead atoms. The van der Waals surface area contributed by atoms with Crippen LogP contribution in [0.3, 0.4) is 0 Å². The maximum absolute atomic E-state index is 6.01. The monoisotopic (exact) mass is 361 g/mol. The molecular formula is C18H17BrClN. The molecule has 0 aliphatic rings. The second-order valence-corrected chi connectivity index (χ2v) is 6.37. The van der Waals surface area contributed by atoms with E-state index in [1.807, 2.05) is 12.1 Å². The highest BCUT2D eigenvalue weighted by Gasteiger charge is 2.10. The number of alkyl halides is 1. The first-order valence-corrected chi connectivity index (χ1v) is 8.70. The van der Waals surface area contributed by atoms with E-state index < -0.39 is 0 Å². The van der Waals surface area contributed by atoms with E-state index in [1.54, 1.807) is 0 Å². The number of fused-ring (bicyclic) bond motifs is 1. The Bertz CT molecular complexity index is 731. The molecule has 0 spiro atoms. The van der Waals surface area contributed by atoms with Crippen molar-refractivity contribution in [3.63, 3.8) is 0 Å². The van der Waals surface area contributed by atoms with E-state index >= 15 is 0 Å². The van der Waals surface area contributed by atoms with E-state index in [0.717, 1.165) is 16.9 Å². The van der Waals surface area contributed by atoms with E-state index in [2.05, 4.69) is 63.0 Å². The van der Waals surface area contributed by atoms with Crippen molar-refractivity contribution in [2.75, 3.05) is 5.33 Å². The number of benzene rings is 2. The van der Waals surface area contributed by atoms with Crippen molar-refractivity contribution in [1.82, 2.24) is 4.57 Å². The van der Waals surface area contributed by atoms with Gasteiger partial charge in [0.25, 0.3) is 0 Å². The minimum absolute atomic E-state index is 0.778. The van der Waals surface area contributed by atoms with Crippen molar-refractivity contribution in [2.24, 2.45) is 0 Å². The average Bonchev–Trinajstić information content (AvgIpc) is 2.87. The number of para-hydroxylation sites is 1. The van der Waals surface area contributed by atoms with Crippen LogP contribution in [0.2, 0.25) is 5.02 Å². The molecule has 0 fully saturated rings. The van der Waals surface area contributed by atoms with Gasteiger partial charge in [-0.05, 0) is 42.7 Å². The Morgan fingerprint density at radius 3 is 2.48 bits per heavy atom. The maximum atomic E-state index is 6.01. The molecule has 0 atom stereocenters. The number of rotatable bonds is 5. The number of hydrogen-bond donors (Lipinski definition) is 0. The van der Waals surface area contributed by atoms with Crippen LogP contribution in [0.25, 0.3) is 22.2 Å². The fourth-order valence-electron chi connectivity index (χ4n) is 2.68. The number of aryl methyl sites for hydroxylation is 1. The lowest BCUT2D eigenvalue weighted by Gasteiger charge is -2.11. The van der Waals surface area contributed by atoms with Gasteiger partial charge in [-0.3, -0.25) is 0 Å². The van der Waals surface area contributed by atoms with Crippen LogP contribution in [0.15, 0.2) is 54.6 Å². The Hall–Kier alpha value is -1.25. The zero-order chi connectivity index (χ0) is 14.7. The smallest absolute Gasteiger partial charge is 0.0491 e. The first kappa shape index (κ1) is 14.7. The van der Waals surface area contributed by atoms with Gasteiger partial charge in [-0.2, -0.15) is 0 Å². The molecule has 3 heteroatoms. The Morgan fingerprint density at radius 1 is 0.952 bits per heavy atom. The Balaban J connectivity index is 2.07. The minimum atomic E-state index is 0.778. The number of hydrogen-bond acceptors (Lipinski definition) is 0. The van der Waals surface area contributed by atoms with E-state index in [-0.39, 0.29) is 0 Å². The molecule has 0 saturated carbocycles. The molecule has 3 rings (SSSR count). The van der Waals surface area contributed by atoms with Gasteiger partial charge in [0.1, 0.15) is 0 Å². The van der Waals surface area contributed by atoms with E-state index in [4.69, 9.17) is 11.6 Å². The zero-order valence-electron chi connectivity index (χ0n) is 11.7. The van der Waals surface area contributed by atoms with Gasteiger partial charge < -0.3 is 4.57 Å². The predicted molar refractivity (Wildman–Crippen MR) is 95.4 cm³/mol. The molecule has 2 aromatic carbocycles. The SMILES string of the molecule is Clc1ccc(-c2cc3ccccc3n2CCCCBr)cc1. The summed E-state index contributed by atoms with van der Waals surface area (Å²) in [4.78, 5) is 0. The van der Waals surface area contributed by atoms with Crippen molar-refractivity contribution < 1.29 is 0 Å². The van der Waals surface area contributed by atoms with Crippen molar-refractivity contribution in [2.45, 2.75) is 19.4 Å². The normalized spacial score (nSPS) is 11.1. The fourth-order valence-corrected chi connectivity index (χ4v) is 3.20. The standard InChI is InChI=1S/C18H17BrClN/c19-11-3-4-12-21-17-6-2-1-5-15(17)13-18(21)14-7-9-16(20)10-8-14/h1-2,5-10,13H,3-4,11-12H2. The average molecular weight is 363 g/mol. The zero-order valence-corrected chi connectivity index (χ0v) is 14.1. The highest BCUT2D eigenvalue weighted by atomic mass is 79.9. The van der Waals surface area contributed by atoms with Crippen LogP contribution < -0.4 is 0 Å². The lowest BCUT2D eigenvalue weighted by atomic mass is 10.1. The molecule has 0 radical (unpaired) electrons. The Labute approximate surface area is 138 Å². The summed E-state index contributed by atoms with van der Waals surface area (Å²) in [5.74, 6) is 0. The number of halogens is 2. The van der Waals surface area contributed by atoms with Gasteiger partial charge in [-0.25, -0.2) is 0 Å². The Kier molecular flexibility index (Phi) is 4.67. The summed E-state index contributed by atoms with van der Waals surface area (Å²) < 4.78 is 2.42. The fraction of sp³-hybridized carbons (Fsp3) is 0.222. The second-order valence-electron chi connectivity index (χ2n) is 5.14. The van der Waals surface area contributed by atoms with Crippen molar-refractivity contribution in [1.29, 1.82) is 0 Å². The van der Waals surface area contributed by atoms with Crippen molar-refractivity contribution in [3.8, 4) is 11.3 Å². The van der Waals surface area contributed by atoms with Crippen LogP contribution in [0, 0.1) is 0 Å². The first-order chi connectivity index (χ1) is 10.3. The molecule has 108 valence electrons. The van der Waals surface area contributed by atoms with Gasteiger partial charge in [0.05, 0.1) is 0 Å². The topological polar surface area (TPSA) is 4.93 Å². The summed E-state index contributed by atoms with van der Waals surface area (Å²) in [5.41, 5.74) is 3.79. The molecule has 3 aromatic rings.